The lowest BCUT2D eigenvalue weighted by Crippen LogP contribution is -2.62. The number of nitrogens with zero attached hydrogens (tertiary/aromatic N) is 7. The van der Waals surface area contributed by atoms with E-state index in [0.717, 1.165) is 77.0 Å². The molecule has 0 spiro atoms. The molecule has 5 aromatic rings. The molecule has 404 valence electrons. The number of hydrogen-bond donors (Lipinski definition) is 1. The summed E-state index contributed by atoms with van der Waals surface area (Å²) in [6.07, 6.45) is 0.383. The molecule has 7 rings (SSSR count). The van der Waals surface area contributed by atoms with Crippen molar-refractivity contribution in [3.8, 4) is 5.75 Å². The molecule has 0 radical (unpaired) electrons. The van der Waals surface area contributed by atoms with Crippen LogP contribution in [0.3, 0.4) is 0 Å². The highest BCUT2D eigenvalue weighted by Crippen LogP contribution is 2.49. The largest absolute Gasteiger partial charge is 0.488 e. The van der Waals surface area contributed by atoms with Crippen molar-refractivity contribution < 1.29 is 72.0 Å². The van der Waals surface area contributed by atoms with Gasteiger partial charge in [-0.25, -0.2) is 28.9 Å². The van der Waals surface area contributed by atoms with Crippen LogP contribution in [-0.4, -0.2) is 119 Å². The van der Waals surface area contributed by atoms with E-state index in [-0.39, 0.29) is 82.3 Å². The van der Waals surface area contributed by atoms with Gasteiger partial charge in [0.25, 0.3) is 17.1 Å². The molecule has 2 aliphatic rings. The fraction of sp³-hybridized carbons (Fsp3) is 0.283. The zero-order valence-electron chi connectivity index (χ0n) is 42.6. The predicted molar refractivity (Wildman–Crippen MR) is 276 cm³/mol. The van der Waals surface area contributed by atoms with Crippen LogP contribution in [0, 0.1) is 48.1 Å². The molecule has 25 heteroatoms. The van der Waals surface area contributed by atoms with Gasteiger partial charge in [0.15, 0.2) is 0 Å². The SMILES string of the molecule is CC(C)[C@H]1C(=O)N2C(C(=O)OC(=O)c3ccc([N+](=O)[O-])cc3)=C(COc3cccc4c(CC[N+](C)(C)CCCN=C(N=COOC(=O)c5ccc([N+](=O)[O-])cc5)NC(=O)OC(=O)c5ccc([N+](=O)[O-])cc5)cccc34)[C@H](C)[C@H]12. The molecule has 25 nitrogen and oxygen atoms in total. The van der Waals surface area contributed by atoms with Crippen molar-refractivity contribution in [1.82, 2.24) is 10.2 Å². The molecule has 1 N–H and O–H groups in total. The molecule has 3 atom stereocenters. The number of esters is 3. The second-order valence-corrected chi connectivity index (χ2v) is 19.0. The van der Waals surface area contributed by atoms with Crippen molar-refractivity contribution >= 4 is 76.1 Å². The predicted octanol–water partition coefficient (Wildman–Crippen LogP) is 7.46. The zero-order valence-corrected chi connectivity index (χ0v) is 42.6. The van der Waals surface area contributed by atoms with Gasteiger partial charge in [-0.15, -0.1) is 0 Å². The summed E-state index contributed by atoms with van der Waals surface area (Å²) in [6, 6.07) is 24.5. The van der Waals surface area contributed by atoms with E-state index in [2.05, 4.69) is 20.2 Å². The van der Waals surface area contributed by atoms with E-state index >= 15 is 0 Å². The number of nitro benzene ring substituents is 3. The van der Waals surface area contributed by atoms with Crippen molar-refractivity contribution in [2.45, 2.75) is 39.7 Å². The molecular formula is C53H51N8O17+. The number of carbonyl (C=O) groups excluding carboxylic acids is 6. The summed E-state index contributed by atoms with van der Waals surface area (Å²) in [4.78, 5) is 128. The lowest BCUT2D eigenvalue weighted by atomic mass is 9.74. The Morgan fingerprint density at radius 3 is 1.82 bits per heavy atom. The molecule has 0 saturated carbocycles. The Balaban J connectivity index is 0.994. The maximum atomic E-state index is 13.8. The monoisotopic (exact) mass is 1070 g/mol. The van der Waals surface area contributed by atoms with Crippen LogP contribution in [0.5, 0.6) is 5.75 Å². The number of nitrogens with one attached hydrogen (secondary N) is 1. The number of hydrogen-bond acceptors (Lipinski definition) is 18. The number of amides is 2. The molecule has 0 aliphatic carbocycles. The molecular weight excluding hydrogens is 1020 g/mol. The van der Waals surface area contributed by atoms with E-state index in [0.29, 0.717) is 48.1 Å². The Morgan fingerprint density at radius 1 is 0.718 bits per heavy atom. The number of carbonyl (C=O) groups is 6. The molecule has 2 heterocycles. The Hall–Kier alpha value is -9.78. The van der Waals surface area contributed by atoms with E-state index in [9.17, 15) is 59.1 Å². The quantitative estimate of drug-likeness (QED) is 0.00755. The summed E-state index contributed by atoms with van der Waals surface area (Å²) in [5.74, 6) is -5.14. The number of non-ortho nitro benzene ring substituents is 3. The lowest BCUT2D eigenvalue weighted by molar-refractivity contribution is -0.890. The number of β-lactam (4-membered cyclic amide) rings is 1. The number of guanidine groups is 1. The Labute approximate surface area is 443 Å². The first-order chi connectivity index (χ1) is 37.1. The van der Waals surface area contributed by atoms with Crippen LogP contribution in [0.1, 0.15) is 63.8 Å². The first kappa shape index (κ1) is 56.0. The minimum absolute atomic E-state index is 0.0333. The number of rotatable bonds is 20. The van der Waals surface area contributed by atoms with Gasteiger partial charge in [0.05, 0.1) is 70.6 Å². The summed E-state index contributed by atoms with van der Waals surface area (Å²) >= 11 is 0. The summed E-state index contributed by atoms with van der Waals surface area (Å²) in [5, 5.41) is 37.0. The number of benzene rings is 5. The number of likely N-dealkylation sites (N-methyl/N-ethyl adjacent to an activating group) is 1. The van der Waals surface area contributed by atoms with E-state index in [1.54, 1.807) is 6.07 Å². The third kappa shape index (κ3) is 13.2. The first-order valence-electron chi connectivity index (χ1n) is 24.1. The molecule has 1 saturated heterocycles. The maximum absolute atomic E-state index is 13.8. The number of aliphatic imine (C=N–C) groups is 2. The summed E-state index contributed by atoms with van der Waals surface area (Å²) < 4.78 is 17.1. The van der Waals surface area contributed by atoms with Crippen molar-refractivity contribution in [1.29, 1.82) is 0 Å². The third-order valence-electron chi connectivity index (χ3n) is 13.1. The van der Waals surface area contributed by atoms with E-state index in [4.69, 9.17) is 19.1 Å². The number of ether oxygens (including phenoxy) is 3. The Bertz CT molecular complexity index is 3280. The maximum Gasteiger partial charge on any atom is 0.422 e. The molecule has 0 aromatic heterocycles. The van der Waals surface area contributed by atoms with Crippen molar-refractivity contribution in [3.63, 3.8) is 0 Å². The molecule has 0 unspecified atom stereocenters. The molecule has 0 bridgehead atoms. The fourth-order valence-electron chi connectivity index (χ4n) is 8.98. The van der Waals surface area contributed by atoms with Crippen molar-refractivity contribution in [2.75, 3.05) is 40.3 Å². The molecule has 1 fully saturated rings. The van der Waals surface area contributed by atoms with Gasteiger partial charge in [0, 0.05) is 72.7 Å². The number of quaternary nitrogens is 1. The van der Waals surface area contributed by atoms with Crippen LogP contribution < -0.4 is 10.1 Å². The van der Waals surface area contributed by atoms with Crippen LogP contribution in [0.25, 0.3) is 10.8 Å². The second kappa shape index (κ2) is 24.3. The highest BCUT2D eigenvalue weighted by atomic mass is 17.2. The topological polar surface area (TPSA) is 318 Å². The summed E-state index contributed by atoms with van der Waals surface area (Å²) in [7, 11) is 4.04. The van der Waals surface area contributed by atoms with Gasteiger partial charge in [-0.05, 0) is 59.3 Å². The third-order valence-corrected chi connectivity index (χ3v) is 13.1. The first-order valence-corrected chi connectivity index (χ1v) is 24.1. The Kier molecular flexibility index (Phi) is 17.4. The number of alkyl carbamates (subject to hydrolysis) is 1. The molecule has 5 aromatic carbocycles. The highest BCUT2D eigenvalue weighted by molar-refractivity contribution is 6.07. The van der Waals surface area contributed by atoms with Crippen molar-refractivity contribution in [2.24, 2.45) is 27.7 Å². The molecule has 2 amide bonds. The second-order valence-electron chi connectivity index (χ2n) is 19.0. The minimum atomic E-state index is -1.32. The van der Waals surface area contributed by atoms with Crippen LogP contribution >= 0.6 is 0 Å². The minimum Gasteiger partial charge on any atom is -0.488 e. The Morgan fingerprint density at radius 2 is 1.26 bits per heavy atom. The number of fused-ring (bicyclic) bond motifs is 2. The van der Waals surface area contributed by atoms with Crippen LogP contribution in [0.4, 0.5) is 21.9 Å². The van der Waals surface area contributed by atoms with Gasteiger partial charge in [-0.1, -0.05) is 51.1 Å². The smallest absolute Gasteiger partial charge is 0.422 e. The van der Waals surface area contributed by atoms with Gasteiger partial charge >= 0.3 is 30.0 Å². The van der Waals surface area contributed by atoms with Crippen molar-refractivity contribution in [3.05, 3.63) is 173 Å². The normalized spacial score (nSPS) is 16.1. The zero-order chi connectivity index (χ0) is 56.4. The highest BCUT2D eigenvalue weighted by Gasteiger charge is 2.59. The average molecular weight is 1070 g/mol. The molecule has 78 heavy (non-hydrogen) atoms. The van der Waals surface area contributed by atoms with Crippen LogP contribution in [0.2, 0.25) is 0 Å². The summed E-state index contributed by atoms with van der Waals surface area (Å²) in [6.45, 7) is 6.95. The van der Waals surface area contributed by atoms with E-state index in [1.165, 1.54) is 17.0 Å². The molecule has 2 aliphatic heterocycles. The summed E-state index contributed by atoms with van der Waals surface area (Å²) in [5.41, 5.74) is 0.297. The van der Waals surface area contributed by atoms with Crippen LogP contribution in [0.15, 0.2) is 130 Å². The van der Waals surface area contributed by atoms with Gasteiger partial charge in [-0.2, -0.15) is 4.99 Å². The van der Waals surface area contributed by atoms with Crippen LogP contribution in [-0.2, 0) is 35.3 Å². The van der Waals surface area contributed by atoms with Gasteiger partial charge < -0.3 is 23.6 Å². The van der Waals surface area contributed by atoms with E-state index in [1.807, 2.05) is 65.2 Å². The average Bonchev–Trinajstić information content (AvgIpc) is 3.75. The lowest BCUT2D eigenvalue weighted by Gasteiger charge is -2.47. The van der Waals surface area contributed by atoms with Gasteiger partial charge in [-0.3, -0.25) is 50.3 Å². The van der Waals surface area contributed by atoms with Gasteiger partial charge in [0.2, 0.25) is 18.3 Å². The fourth-order valence-corrected chi connectivity index (χ4v) is 8.98. The van der Waals surface area contributed by atoms with Gasteiger partial charge in [0.1, 0.15) is 18.1 Å². The standard InChI is InChI=1S/C53H50N8O17/c1-31(2)44-45-32(3)42(46(57(45)47(44)62)51(66)76-48(63)34-13-19-37(20-14-34)58(68)69)29-74-43-12-7-10-40-33(9-6-11-41(40)43)25-28-61(4,5)27-8-26-54-52(55-30-75-78-50(65)36-17-23-39(24-18-36)60(72)73)56-53(67)77-49(64)35-15-21-38(22-16-35)59(70)71/h6-7,9-24,30-32,44-45H,8,25-29H2,1-5H3/p+1/t32-,44+,45+/m0/s1. The number of nitro groups is 3. The van der Waals surface area contributed by atoms with E-state index < -0.39 is 50.7 Å².